The first-order valence-corrected chi connectivity index (χ1v) is 13.7. The molecule has 200 valence electrons. The Bertz CT molecular complexity index is 1590. The van der Waals surface area contributed by atoms with Crippen molar-refractivity contribution in [2.75, 3.05) is 6.61 Å². The summed E-state index contributed by atoms with van der Waals surface area (Å²) in [7, 11) is 0. The van der Waals surface area contributed by atoms with Gasteiger partial charge in [-0.15, -0.1) is 0 Å². The van der Waals surface area contributed by atoms with E-state index in [1.165, 1.54) is 28.3 Å². The lowest BCUT2D eigenvalue weighted by atomic mass is 9.63. The molecule has 0 spiro atoms. The van der Waals surface area contributed by atoms with Gasteiger partial charge in [-0.3, -0.25) is 4.79 Å². The minimum Gasteiger partial charge on any atom is -0.481 e. The van der Waals surface area contributed by atoms with Crippen molar-refractivity contribution in [3.63, 3.8) is 0 Å². The van der Waals surface area contributed by atoms with Crippen LogP contribution < -0.4 is 0 Å². The molecule has 1 aliphatic carbocycles. The zero-order valence-electron chi connectivity index (χ0n) is 23.4. The molecule has 0 bridgehead atoms. The Morgan fingerprint density at radius 1 is 0.795 bits per heavy atom. The Hall–Kier alpha value is -3.92. The summed E-state index contributed by atoms with van der Waals surface area (Å²) in [5.41, 5.74) is 7.80. The third-order valence-electron chi connectivity index (χ3n) is 8.28. The Morgan fingerprint density at radius 3 is 2.13 bits per heavy atom. The highest BCUT2D eigenvalue weighted by atomic mass is 16.5. The molecule has 0 fully saturated rings. The summed E-state index contributed by atoms with van der Waals surface area (Å²) in [5.74, 6) is -1.29. The Morgan fingerprint density at radius 2 is 1.46 bits per heavy atom. The fourth-order valence-electron chi connectivity index (χ4n) is 5.99. The van der Waals surface area contributed by atoms with E-state index in [2.05, 4.69) is 58.0 Å². The van der Waals surface area contributed by atoms with Gasteiger partial charge in [0.25, 0.3) is 0 Å². The van der Waals surface area contributed by atoms with Gasteiger partial charge in [0.05, 0.1) is 18.6 Å². The molecule has 0 aromatic heterocycles. The first kappa shape index (κ1) is 26.7. The summed E-state index contributed by atoms with van der Waals surface area (Å²) >= 11 is 0. The number of ether oxygens (including phenoxy) is 1. The van der Waals surface area contributed by atoms with Crippen molar-refractivity contribution in [1.29, 1.82) is 0 Å². The number of carboxylic acids is 1. The first-order valence-electron chi connectivity index (χ1n) is 13.7. The number of carboxylic acid groups (broad SMARTS) is 1. The summed E-state index contributed by atoms with van der Waals surface area (Å²) in [6, 6.07) is 24.3. The monoisotopic (exact) mass is 520 g/mol. The number of fused-ring (bicyclic) bond motifs is 2. The highest BCUT2D eigenvalue weighted by molar-refractivity contribution is 5.96. The maximum atomic E-state index is 12.5. The molecule has 0 unspecified atom stereocenters. The van der Waals surface area contributed by atoms with Gasteiger partial charge in [0.2, 0.25) is 0 Å². The molecular weight excluding hydrogens is 484 g/mol. The van der Waals surface area contributed by atoms with Crippen molar-refractivity contribution >= 4 is 22.7 Å². The van der Waals surface area contributed by atoms with Crippen LogP contribution in [-0.2, 0) is 26.8 Å². The highest BCUT2D eigenvalue weighted by Crippen LogP contribution is 2.47. The van der Waals surface area contributed by atoms with Crippen molar-refractivity contribution in [2.45, 2.75) is 64.7 Å². The molecule has 0 atom stereocenters. The number of esters is 1. The van der Waals surface area contributed by atoms with Crippen LogP contribution in [0.15, 0.2) is 72.8 Å². The number of hydrogen-bond donors (Lipinski definition) is 1. The zero-order chi connectivity index (χ0) is 27.9. The van der Waals surface area contributed by atoms with Gasteiger partial charge in [0.15, 0.2) is 0 Å². The normalized spacial score (nSPS) is 15.5. The Balaban J connectivity index is 1.70. The molecule has 0 saturated carbocycles. The van der Waals surface area contributed by atoms with E-state index in [0.29, 0.717) is 17.7 Å². The number of carbonyl (C=O) groups excluding carboxylic acids is 1. The molecule has 5 rings (SSSR count). The number of carbonyl (C=O) groups is 2. The fraction of sp³-hybridized carbons (Fsp3) is 0.314. The molecule has 0 amide bonds. The summed E-state index contributed by atoms with van der Waals surface area (Å²) in [4.78, 5) is 24.3. The van der Waals surface area contributed by atoms with E-state index >= 15 is 0 Å². The quantitative estimate of drug-likeness (QED) is 0.260. The first-order chi connectivity index (χ1) is 18.5. The predicted octanol–water partition coefficient (Wildman–Crippen LogP) is 8.33. The minimum absolute atomic E-state index is 0.106. The van der Waals surface area contributed by atoms with Gasteiger partial charge in [-0.25, -0.2) is 4.79 Å². The van der Waals surface area contributed by atoms with Crippen molar-refractivity contribution in [2.24, 2.45) is 0 Å². The van der Waals surface area contributed by atoms with Crippen LogP contribution >= 0.6 is 0 Å². The van der Waals surface area contributed by atoms with E-state index in [9.17, 15) is 14.7 Å². The van der Waals surface area contributed by atoms with Gasteiger partial charge in [0, 0.05) is 0 Å². The second kappa shape index (κ2) is 10.00. The lowest BCUT2D eigenvalue weighted by molar-refractivity contribution is -0.136. The molecular formula is C35H36O4. The van der Waals surface area contributed by atoms with Crippen LogP contribution in [-0.4, -0.2) is 23.7 Å². The van der Waals surface area contributed by atoms with Gasteiger partial charge in [0.1, 0.15) is 0 Å². The van der Waals surface area contributed by atoms with E-state index in [4.69, 9.17) is 4.74 Å². The molecule has 4 aromatic carbocycles. The Kier molecular flexibility index (Phi) is 6.84. The second-order valence-electron chi connectivity index (χ2n) is 11.9. The molecule has 0 radical (unpaired) electrons. The molecule has 0 aliphatic heterocycles. The van der Waals surface area contributed by atoms with Crippen molar-refractivity contribution < 1.29 is 19.4 Å². The van der Waals surface area contributed by atoms with E-state index in [1.54, 1.807) is 19.1 Å². The minimum atomic E-state index is -0.898. The number of rotatable bonds is 6. The molecule has 4 nitrogen and oxygen atoms in total. The molecule has 1 N–H and O–H groups in total. The van der Waals surface area contributed by atoms with Crippen LogP contribution in [0.3, 0.4) is 0 Å². The molecule has 1 aliphatic rings. The van der Waals surface area contributed by atoms with Gasteiger partial charge < -0.3 is 9.84 Å². The largest absolute Gasteiger partial charge is 0.481 e. The Labute approximate surface area is 230 Å². The summed E-state index contributed by atoms with van der Waals surface area (Å²) in [5, 5.41) is 12.1. The average Bonchev–Trinajstić information content (AvgIpc) is 2.90. The highest BCUT2D eigenvalue weighted by Gasteiger charge is 2.37. The zero-order valence-corrected chi connectivity index (χ0v) is 23.4. The lowest BCUT2D eigenvalue weighted by Gasteiger charge is -2.42. The average molecular weight is 521 g/mol. The van der Waals surface area contributed by atoms with Crippen LogP contribution in [0.2, 0.25) is 0 Å². The van der Waals surface area contributed by atoms with E-state index in [1.807, 2.05) is 30.3 Å². The van der Waals surface area contributed by atoms with Gasteiger partial charge >= 0.3 is 11.9 Å². The van der Waals surface area contributed by atoms with Gasteiger partial charge in [-0.05, 0) is 98.5 Å². The van der Waals surface area contributed by atoms with Crippen molar-refractivity contribution in [3.05, 3.63) is 95.1 Å². The van der Waals surface area contributed by atoms with Crippen LogP contribution in [0.4, 0.5) is 0 Å². The van der Waals surface area contributed by atoms with Gasteiger partial charge in [-0.1, -0.05) is 82.3 Å². The number of aliphatic carboxylic acids is 1. The van der Waals surface area contributed by atoms with Crippen LogP contribution in [0, 0.1) is 0 Å². The summed E-state index contributed by atoms with van der Waals surface area (Å²) in [6.45, 7) is 11.4. The summed E-state index contributed by atoms with van der Waals surface area (Å²) < 4.78 is 5.22. The third-order valence-corrected chi connectivity index (χ3v) is 8.28. The molecule has 0 saturated heterocycles. The van der Waals surface area contributed by atoms with Crippen LogP contribution in [0.25, 0.3) is 33.0 Å². The molecule has 4 aromatic rings. The number of hydrogen-bond acceptors (Lipinski definition) is 3. The van der Waals surface area contributed by atoms with E-state index < -0.39 is 11.9 Å². The SMILES string of the molecule is CCOC(=O)c1cccc(-c2c(CC(=O)O)cccc2-c2ccc3cc4c(cc3c2)C(C)(C)CCC4(C)C)c1. The smallest absolute Gasteiger partial charge is 0.338 e. The number of benzene rings is 4. The van der Waals surface area contributed by atoms with Crippen molar-refractivity contribution in [3.8, 4) is 22.3 Å². The lowest BCUT2D eigenvalue weighted by Crippen LogP contribution is -2.33. The van der Waals surface area contributed by atoms with E-state index in [0.717, 1.165) is 28.7 Å². The molecule has 4 heteroatoms. The third kappa shape index (κ3) is 5.08. The van der Waals surface area contributed by atoms with Crippen molar-refractivity contribution in [1.82, 2.24) is 0 Å². The van der Waals surface area contributed by atoms with Crippen LogP contribution in [0.1, 0.15) is 74.5 Å². The maximum Gasteiger partial charge on any atom is 0.338 e. The predicted molar refractivity (Wildman–Crippen MR) is 157 cm³/mol. The second-order valence-corrected chi connectivity index (χ2v) is 11.9. The standard InChI is InChI=1S/C35H36O4/c1-6-39-33(38)26-11-7-9-24(18-26)32-25(21-31(36)37)10-8-12-28(32)23-14-13-22-19-29-30(20-27(22)17-23)35(4,5)16-15-34(29,2)3/h7-14,17-20H,6,15-16,21H2,1-5H3,(H,36,37). The maximum absolute atomic E-state index is 12.5. The summed E-state index contributed by atoms with van der Waals surface area (Å²) in [6.07, 6.45) is 2.20. The van der Waals surface area contributed by atoms with E-state index in [-0.39, 0.29) is 17.3 Å². The topological polar surface area (TPSA) is 63.6 Å². The molecule has 39 heavy (non-hydrogen) atoms. The van der Waals surface area contributed by atoms with Crippen LogP contribution in [0.5, 0.6) is 0 Å². The fourth-order valence-corrected chi connectivity index (χ4v) is 5.99. The van der Waals surface area contributed by atoms with Gasteiger partial charge in [-0.2, -0.15) is 0 Å². The molecule has 0 heterocycles.